The van der Waals surface area contributed by atoms with Gasteiger partial charge in [-0.1, -0.05) is 17.7 Å². The third kappa shape index (κ3) is 1.60. The van der Waals surface area contributed by atoms with Gasteiger partial charge in [0.25, 0.3) is 5.91 Å². The van der Waals surface area contributed by atoms with Crippen molar-refractivity contribution in [1.29, 1.82) is 0 Å². The van der Waals surface area contributed by atoms with Crippen LogP contribution in [0.3, 0.4) is 0 Å². The van der Waals surface area contributed by atoms with Gasteiger partial charge in [-0.2, -0.15) is 5.10 Å². The van der Waals surface area contributed by atoms with Crippen LogP contribution in [-0.2, 0) is 0 Å². The third-order valence-corrected chi connectivity index (χ3v) is 5.47. The lowest BCUT2D eigenvalue weighted by atomic mass is 9.89. The summed E-state index contributed by atoms with van der Waals surface area (Å²) in [7, 11) is 1.80. The fourth-order valence-corrected chi connectivity index (χ4v) is 4.31. The highest BCUT2D eigenvalue weighted by molar-refractivity contribution is 6.30. The Labute approximate surface area is 143 Å². The maximum atomic E-state index is 12.8. The minimum Gasteiger partial charge on any atom is -0.508 e. The first kappa shape index (κ1) is 13.9. The summed E-state index contributed by atoms with van der Waals surface area (Å²) in [6.07, 6.45) is 2.56. The molecule has 0 saturated carbocycles. The largest absolute Gasteiger partial charge is 0.508 e. The minimum atomic E-state index is -0.0945. The second-order valence-corrected chi connectivity index (χ2v) is 6.87. The number of fused-ring (bicyclic) bond motifs is 9. The van der Waals surface area contributed by atoms with Gasteiger partial charge in [-0.25, -0.2) is 4.52 Å². The molecule has 1 aliphatic heterocycles. The minimum absolute atomic E-state index is 0.0638. The highest BCUT2D eigenvalue weighted by atomic mass is 35.5. The van der Waals surface area contributed by atoms with Crippen molar-refractivity contribution in [2.75, 3.05) is 7.05 Å². The van der Waals surface area contributed by atoms with E-state index in [0.29, 0.717) is 16.1 Å². The monoisotopic (exact) mass is 339 g/mol. The van der Waals surface area contributed by atoms with Crippen LogP contribution in [-0.4, -0.2) is 32.6 Å². The van der Waals surface area contributed by atoms with Gasteiger partial charge in [-0.15, -0.1) is 0 Å². The number of nitrogens with zero attached hydrogens (tertiary/aromatic N) is 3. The first-order valence-electron chi connectivity index (χ1n) is 7.83. The second kappa shape index (κ2) is 4.51. The lowest BCUT2D eigenvalue weighted by Crippen LogP contribution is -2.30. The van der Waals surface area contributed by atoms with E-state index in [1.807, 2.05) is 12.3 Å². The molecular weight excluding hydrogens is 326 g/mol. The number of aromatic hydroxyl groups is 1. The standard InChI is InChI=1S/C18H14ClN3O2/c1-21-13-8-11(15-10(18(21)24)3-2-4-14(15)23)16-12-7-9(19)5-6-22(12)20-17(13)16/h2-7,11,13,23H,8H2,1H3/t11-,13-/m1/s1. The summed E-state index contributed by atoms with van der Waals surface area (Å²) in [4.78, 5) is 14.6. The number of aromatic nitrogens is 2. The van der Waals surface area contributed by atoms with E-state index in [1.165, 1.54) is 0 Å². The van der Waals surface area contributed by atoms with Gasteiger partial charge in [0.2, 0.25) is 0 Å². The molecule has 3 aromatic rings. The summed E-state index contributed by atoms with van der Waals surface area (Å²) in [5, 5.41) is 15.8. The van der Waals surface area contributed by atoms with Crippen LogP contribution >= 0.6 is 11.6 Å². The summed E-state index contributed by atoms with van der Waals surface area (Å²) in [5.74, 6) is 0.0225. The fraction of sp³-hybridized carbons (Fsp3) is 0.222. The Bertz CT molecular complexity index is 1030. The smallest absolute Gasteiger partial charge is 0.254 e. The number of phenolic OH excluding ortho intramolecular Hbond substituents is 1. The van der Waals surface area contributed by atoms with Crippen LogP contribution in [0.1, 0.15) is 45.6 Å². The molecule has 1 N–H and O–H groups in total. The van der Waals surface area contributed by atoms with Crippen LogP contribution in [0.5, 0.6) is 5.75 Å². The van der Waals surface area contributed by atoms with Crippen molar-refractivity contribution in [2.45, 2.75) is 18.4 Å². The molecule has 0 unspecified atom stereocenters. The molecule has 0 fully saturated rings. The van der Waals surface area contributed by atoms with Crippen LogP contribution in [0.2, 0.25) is 5.02 Å². The molecule has 6 heteroatoms. The van der Waals surface area contributed by atoms with Crippen LogP contribution in [0.4, 0.5) is 0 Å². The Morgan fingerprint density at radius 1 is 1.29 bits per heavy atom. The lowest BCUT2D eigenvalue weighted by molar-refractivity contribution is 0.0734. The van der Waals surface area contributed by atoms with Crippen molar-refractivity contribution in [3.63, 3.8) is 0 Å². The molecule has 24 heavy (non-hydrogen) atoms. The number of phenols is 1. The molecule has 2 aliphatic rings. The van der Waals surface area contributed by atoms with E-state index < -0.39 is 0 Å². The van der Waals surface area contributed by atoms with Gasteiger partial charge in [-0.05, 0) is 30.7 Å². The Balaban J connectivity index is 1.89. The van der Waals surface area contributed by atoms with Gasteiger partial charge >= 0.3 is 0 Å². The molecular formula is C18H14ClN3O2. The fourth-order valence-electron chi connectivity index (χ4n) is 4.15. The number of rotatable bonds is 0. The van der Waals surface area contributed by atoms with Crippen LogP contribution < -0.4 is 0 Å². The number of carbonyl (C=O) groups is 1. The number of hydrogen-bond donors (Lipinski definition) is 1. The first-order chi connectivity index (χ1) is 11.6. The van der Waals surface area contributed by atoms with E-state index >= 15 is 0 Å². The maximum absolute atomic E-state index is 12.8. The molecule has 120 valence electrons. The van der Waals surface area contributed by atoms with E-state index in [1.54, 1.807) is 40.7 Å². The zero-order valence-electron chi connectivity index (χ0n) is 12.9. The van der Waals surface area contributed by atoms with Gasteiger partial charge in [0.05, 0.1) is 17.3 Å². The van der Waals surface area contributed by atoms with E-state index in [9.17, 15) is 9.90 Å². The topological polar surface area (TPSA) is 57.8 Å². The molecule has 2 aromatic heterocycles. The van der Waals surface area contributed by atoms with Gasteiger partial charge in [0.1, 0.15) is 5.75 Å². The maximum Gasteiger partial charge on any atom is 0.254 e. The Hall–Kier alpha value is -2.53. The van der Waals surface area contributed by atoms with E-state index in [-0.39, 0.29) is 23.6 Å². The van der Waals surface area contributed by atoms with Crippen molar-refractivity contribution in [1.82, 2.24) is 14.5 Å². The number of pyridine rings is 1. The van der Waals surface area contributed by atoms with Crippen LogP contribution in [0.15, 0.2) is 36.5 Å². The number of benzene rings is 1. The molecule has 0 spiro atoms. The molecule has 2 bridgehead atoms. The van der Waals surface area contributed by atoms with Crippen molar-refractivity contribution in [3.8, 4) is 5.75 Å². The average molecular weight is 340 g/mol. The lowest BCUT2D eigenvalue weighted by Gasteiger charge is -2.23. The number of carbonyl (C=O) groups excluding carboxylic acids is 1. The number of hydrogen-bond acceptors (Lipinski definition) is 3. The Morgan fingerprint density at radius 3 is 2.96 bits per heavy atom. The van der Waals surface area contributed by atoms with Crippen molar-refractivity contribution < 1.29 is 9.90 Å². The zero-order chi connectivity index (χ0) is 16.6. The Morgan fingerprint density at radius 2 is 2.12 bits per heavy atom. The molecule has 5 rings (SSSR count). The zero-order valence-corrected chi connectivity index (χ0v) is 13.7. The predicted octanol–water partition coefficient (Wildman–Crippen LogP) is 3.36. The van der Waals surface area contributed by atoms with Crippen molar-refractivity contribution in [3.05, 3.63) is 63.9 Å². The van der Waals surface area contributed by atoms with E-state index in [2.05, 4.69) is 5.10 Å². The molecule has 3 heterocycles. The highest BCUT2D eigenvalue weighted by Gasteiger charge is 2.45. The molecule has 1 aromatic carbocycles. The van der Waals surface area contributed by atoms with E-state index in [0.717, 1.165) is 23.2 Å². The highest BCUT2D eigenvalue weighted by Crippen LogP contribution is 2.53. The molecule has 2 atom stereocenters. The summed E-state index contributed by atoms with van der Waals surface area (Å²) in [5.41, 5.74) is 4.15. The van der Waals surface area contributed by atoms with Crippen molar-refractivity contribution in [2.24, 2.45) is 0 Å². The SMILES string of the molecule is CN1C(=O)c2cccc(O)c2[C@H]2C[C@@H]1c1nn3ccc(Cl)cc3c12. The molecule has 0 saturated heterocycles. The second-order valence-electron chi connectivity index (χ2n) is 6.43. The number of amides is 1. The quantitative estimate of drug-likeness (QED) is 0.683. The van der Waals surface area contributed by atoms with Crippen molar-refractivity contribution >= 4 is 23.0 Å². The van der Waals surface area contributed by atoms with E-state index in [4.69, 9.17) is 11.6 Å². The first-order valence-corrected chi connectivity index (χ1v) is 8.21. The third-order valence-electron chi connectivity index (χ3n) is 5.24. The predicted molar refractivity (Wildman–Crippen MR) is 89.6 cm³/mol. The Kier molecular flexibility index (Phi) is 2.61. The molecule has 5 nitrogen and oxygen atoms in total. The van der Waals surface area contributed by atoms with Crippen LogP contribution in [0.25, 0.3) is 5.52 Å². The van der Waals surface area contributed by atoms with Gasteiger partial charge in [0, 0.05) is 40.9 Å². The van der Waals surface area contributed by atoms with Gasteiger partial charge in [0.15, 0.2) is 0 Å². The normalized spacial score (nSPS) is 21.8. The summed E-state index contributed by atoms with van der Waals surface area (Å²) < 4.78 is 1.80. The summed E-state index contributed by atoms with van der Waals surface area (Å²) >= 11 is 6.18. The van der Waals surface area contributed by atoms with Gasteiger partial charge < -0.3 is 10.0 Å². The summed E-state index contributed by atoms with van der Waals surface area (Å²) in [6, 6.07) is 8.73. The number of halogens is 1. The van der Waals surface area contributed by atoms with Gasteiger partial charge in [-0.3, -0.25) is 4.79 Å². The average Bonchev–Trinajstić information content (AvgIpc) is 3.07. The molecule has 0 radical (unpaired) electrons. The van der Waals surface area contributed by atoms with Crippen LogP contribution in [0, 0.1) is 0 Å². The molecule has 1 amide bonds. The summed E-state index contributed by atoms with van der Waals surface area (Å²) in [6.45, 7) is 0. The molecule has 1 aliphatic carbocycles.